The fourth-order valence-electron chi connectivity index (χ4n) is 5.45. The Morgan fingerprint density at radius 2 is 1.74 bits per heavy atom. The summed E-state index contributed by atoms with van der Waals surface area (Å²) in [7, 11) is 3.21. The highest BCUT2D eigenvalue weighted by molar-refractivity contribution is 6.23. The average molecular weight is 465 g/mol. The maximum atomic E-state index is 13.3. The zero-order valence-corrected chi connectivity index (χ0v) is 19.9. The van der Waals surface area contributed by atoms with E-state index >= 15 is 0 Å². The van der Waals surface area contributed by atoms with E-state index in [1.807, 2.05) is 18.2 Å². The second-order valence-electron chi connectivity index (χ2n) is 9.30. The fourth-order valence-corrected chi connectivity index (χ4v) is 5.45. The number of hydrogen-bond donors (Lipinski definition) is 0. The molecule has 0 spiro atoms. The molecule has 6 heteroatoms. The van der Waals surface area contributed by atoms with E-state index in [2.05, 4.69) is 0 Å². The van der Waals surface area contributed by atoms with Gasteiger partial charge in [0.25, 0.3) is 0 Å². The fraction of sp³-hybridized carbons (Fsp3) is 0.464. The number of rotatable bonds is 8. The van der Waals surface area contributed by atoms with E-state index in [1.165, 1.54) is 0 Å². The summed E-state index contributed by atoms with van der Waals surface area (Å²) in [5.41, 5.74) is 0.419. The smallest absolute Gasteiger partial charge is 0.325 e. The first-order chi connectivity index (χ1) is 16.5. The molecule has 2 aromatic rings. The van der Waals surface area contributed by atoms with Crippen molar-refractivity contribution in [1.29, 1.82) is 0 Å². The van der Waals surface area contributed by atoms with E-state index in [4.69, 9.17) is 14.2 Å². The van der Waals surface area contributed by atoms with E-state index in [9.17, 15) is 14.4 Å². The Balaban J connectivity index is 1.59. The third-order valence-corrected chi connectivity index (χ3v) is 7.32. The lowest BCUT2D eigenvalue weighted by molar-refractivity contribution is -0.185. The molecule has 1 heterocycles. The second kappa shape index (κ2) is 10.4. The number of esters is 1. The number of methoxy groups -OCH3 is 2. The highest BCUT2D eigenvalue weighted by Gasteiger charge is 2.53. The van der Waals surface area contributed by atoms with Crippen LogP contribution < -0.4 is 9.47 Å². The zero-order valence-electron chi connectivity index (χ0n) is 19.9. The molecule has 0 radical (unpaired) electrons. The van der Waals surface area contributed by atoms with Crippen LogP contribution >= 0.6 is 0 Å². The van der Waals surface area contributed by atoms with Gasteiger partial charge in [-0.3, -0.25) is 14.4 Å². The van der Waals surface area contributed by atoms with Crippen LogP contribution in [0, 0.1) is 11.8 Å². The van der Waals surface area contributed by atoms with E-state index < -0.39 is 23.3 Å². The Morgan fingerprint density at radius 1 is 1.00 bits per heavy atom. The molecule has 2 aliphatic rings. The molecular formula is C28H32O6. The molecule has 1 saturated heterocycles. The first-order valence-electron chi connectivity index (χ1n) is 12.0. The van der Waals surface area contributed by atoms with E-state index in [1.54, 1.807) is 44.6 Å². The summed E-state index contributed by atoms with van der Waals surface area (Å²) in [6.45, 7) is 0. The van der Waals surface area contributed by atoms with Gasteiger partial charge in [-0.1, -0.05) is 55.7 Å². The number of ether oxygens (including phenoxy) is 3. The molecule has 4 rings (SSSR count). The zero-order chi connectivity index (χ0) is 24.1. The molecule has 2 aromatic carbocycles. The summed E-state index contributed by atoms with van der Waals surface area (Å²) >= 11 is 0. The monoisotopic (exact) mass is 464 g/mol. The van der Waals surface area contributed by atoms with Crippen LogP contribution in [0.1, 0.15) is 60.9 Å². The summed E-state index contributed by atoms with van der Waals surface area (Å²) in [6.07, 6.45) is 6.24. The van der Waals surface area contributed by atoms with Gasteiger partial charge in [-0.2, -0.15) is 0 Å². The maximum Gasteiger partial charge on any atom is 0.325 e. The van der Waals surface area contributed by atoms with Crippen LogP contribution in [-0.2, 0) is 20.7 Å². The third-order valence-electron chi connectivity index (χ3n) is 7.32. The first kappa shape index (κ1) is 24.0. The van der Waals surface area contributed by atoms with Gasteiger partial charge in [-0.05, 0) is 43.2 Å². The molecule has 6 nitrogen and oxygen atoms in total. The summed E-state index contributed by atoms with van der Waals surface area (Å²) in [5.74, 6) is -1.41. The summed E-state index contributed by atoms with van der Waals surface area (Å²) in [5, 5.41) is 0. The van der Waals surface area contributed by atoms with Crippen LogP contribution in [0.25, 0.3) is 0 Å². The van der Waals surface area contributed by atoms with Crippen LogP contribution in [0.3, 0.4) is 0 Å². The Morgan fingerprint density at radius 3 is 2.38 bits per heavy atom. The van der Waals surface area contributed by atoms with Crippen molar-refractivity contribution in [2.75, 3.05) is 14.2 Å². The van der Waals surface area contributed by atoms with Crippen LogP contribution in [0.4, 0.5) is 0 Å². The molecule has 0 aromatic heterocycles. The van der Waals surface area contributed by atoms with Crippen LogP contribution in [0.15, 0.2) is 48.5 Å². The van der Waals surface area contributed by atoms with E-state index in [0.29, 0.717) is 29.9 Å². The van der Waals surface area contributed by atoms with E-state index in [0.717, 1.165) is 37.7 Å². The minimum atomic E-state index is -1.38. The maximum absolute atomic E-state index is 13.3. The molecule has 0 amide bonds. The van der Waals surface area contributed by atoms with Gasteiger partial charge in [0.1, 0.15) is 17.1 Å². The second-order valence-corrected chi connectivity index (χ2v) is 9.30. The number of ketones is 2. The van der Waals surface area contributed by atoms with Gasteiger partial charge in [0.05, 0.1) is 14.2 Å². The number of benzene rings is 2. The van der Waals surface area contributed by atoms with Gasteiger partial charge in [-0.15, -0.1) is 0 Å². The lowest BCUT2D eigenvalue weighted by Crippen LogP contribution is -2.54. The minimum absolute atomic E-state index is 0.0745. The average Bonchev–Trinajstić information content (AvgIpc) is 2.88. The largest absolute Gasteiger partial charge is 0.497 e. The molecule has 0 N–H and O–H groups in total. The van der Waals surface area contributed by atoms with Crippen molar-refractivity contribution in [1.82, 2.24) is 0 Å². The number of cyclic esters (lactones) is 1. The predicted molar refractivity (Wildman–Crippen MR) is 127 cm³/mol. The summed E-state index contributed by atoms with van der Waals surface area (Å²) in [6, 6.07) is 14.1. The number of hydrogen-bond acceptors (Lipinski definition) is 6. The normalized spacial score (nSPS) is 23.3. The highest BCUT2D eigenvalue weighted by Crippen LogP contribution is 2.44. The van der Waals surface area contributed by atoms with Gasteiger partial charge >= 0.3 is 5.97 Å². The third kappa shape index (κ3) is 4.86. The molecular weight excluding hydrogens is 432 g/mol. The van der Waals surface area contributed by atoms with Crippen molar-refractivity contribution in [3.05, 3.63) is 59.7 Å². The first-order valence-corrected chi connectivity index (χ1v) is 12.0. The van der Waals surface area contributed by atoms with E-state index in [-0.39, 0.29) is 18.1 Å². The van der Waals surface area contributed by atoms with Crippen molar-refractivity contribution in [2.45, 2.75) is 57.0 Å². The van der Waals surface area contributed by atoms with Gasteiger partial charge in [0.15, 0.2) is 17.5 Å². The van der Waals surface area contributed by atoms with Gasteiger partial charge < -0.3 is 14.2 Å². The Bertz CT molecular complexity index is 1020. The number of carbonyl (C=O) groups excluding carboxylic acids is 3. The molecule has 1 aliphatic carbocycles. The van der Waals surface area contributed by atoms with Crippen molar-refractivity contribution in [2.24, 2.45) is 11.8 Å². The SMILES string of the molecule is COc1ccc(CCC2(C3CCCCC3)CC(=O)C(C(=O)c3ccccc3)C(=O)O2)c(OC)c1. The Labute approximate surface area is 200 Å². The number of aryl methyl sites for hydroxylation is 1. The lowest BCUT2D eigenvalue weighted by atomic mass is 9.69. The molecule has 34 heavy (non-hydrogen) atoms. The van der Waals surface area contributed by atoms with Gasteiger partial charge in [0.2, 0.25) is 0 Å². The molecule has 2 atom stereocenters. The van der Waals surface area contributed by atoms with Crippen molar-refractivity contribution in [3.8, 4) is 11.5 Å². The number of carbonyl (C=O) groups is 3. The van der Waals surface area contributed by atoms with Crippen LogP contribution in [0.5, 0.6) is 11.5 Å². The minimum Gasteiger partial charge on any atom is -0.497 e. The highest BCUT2D eigenvalue weighted by atomic mass is 16.6. The standard InChI is InChI=1S/C28H32O6/c1-32-22-14-13-19(24(17-22)33-2)15-16-28(21-11-7-4-8-12-21)18-23(29)25(27(31)34-28)26(30)20-9-5-3-6-10-20/h3,5-6,9-10,13-14,17,21,25H,4,7-8,11-12,15-16,18H2,1-2H3. The quantitative estimate of drug-likeness (QED) is 0.312. The molecule has 0 bridgehead atoms. The Hall–Kier alpha value is -3.15. The lowest BCUT2D eigenvalue weighted by Gasteiger charge is -2.45. The molecule has 180 valence electrons. The van der Waals surface area contributed by atoms with Crippen LogP contribution in [0.2, 0.25) is 0 Å². The van der Waals surface area contributed by atoms with Crippen molar-refractivity contribution >= 4 is 17.5 Å². The number of Topliss-reactive ketones (excluding diaryl/α,β-unsaturated/α-hetero) is 2. The molecule has 2 unspecified atom stereocenters. The van der Waals surface area contributed by atoms with Crippen molar-refractivity contribution < 1.29 is 28.6 Å². The summed E-state index contributed by atoms with van der Waals surface area (Å²) in [4.78, 5) is 39.5. The van der Waals surface area contributed by atoms with Gasteiger partial charge in [-0.25, -0.2) is 0 Å². The molecule has 1 aliphatic heterocycles. The van der Waals surface area contributed by atoms with Gasteiger partial charge in [0, 0.05) is 18.1 Å². The predicted octanol–water partition coefficient (Wildman–Crippen LogP) is 4.97. The van der Waals surface area contributed by atoms with Crippen LogP contribution in [-0.4, -0.2) is 37.4 Å². The molecule has 1 saturated carbocycles. The van der Waals surface area contributed by atoms with Crippen molar-refractivity contribution in [3.63, 3.8) is 0 Å². The Kier molecular flexibility index (Phi) is 7.35. The summed E-state index contributed by atoms with van der Waals surface area (Å²) < 4.78 is 17.0. The molecule has 2 fully saturated rings. The topological polar surface area (TPSA) is 78.9 Å².